The molecule has 0 heterocycles. The molecule has 0 radical (unpaired) electrons. The fourth-order valence-electron chi connectivity index (χ4n) is 7.05. The molecule has 0 bridgehead atoms. The van der Waals surface area contributed by atoms with Gasteiger partial charge in [-0.1, -0.05) is 182 Å². The number of rotatable bonds is 10. The van der Waals surface area contributed by atoms with Crippen molar-refractivity contribution in [3.05, 3.63) is 215 Å². The molecule has 0 spiro atoms. The lowest BCUT2D eigenvalue weighted by Gasteiger charge is -2.28. The number of ether oxygens (including phenoxy) is 4. The van der Waals surface area contributed by atoms with Gasteiger partial charge in [-0.2, -0.15) is 0 Å². The fourth-order valence-corrected chi connectivity index (χ4v) is 7.05. The third kappa shape index (κ3) is 9.14. The van der Waals surface area contributed by atoms with Gasteiger partial charge >= 0.3 is 0 Å². The number of methoxy groups -OCH3 is 4. The Kier molecular flexibility index (Phi) is 13.4. The number of hydrogen-bond donors (Lipinski definition) is 2. The highest BCUT2D eigenvalue weighted by Gasteiger charge is 2.38. The Hall–Kier alpha value is -7.56. The predicted molar refractivity (Wildman–Crippen MR) is 248 cm³/mol. The summed E-state index contributed by atoms with van der Waals surface area (Å²) in [7, 11) is 6.01. The molecule has 64 heavy (non-hydrogen) atoms. The number of benzene rings is 6. The molecule has 0 saturated heterocycles. The first-order valence-corrected chi connectivity index (χ1v) is 20.4. The van der Waals surface area contributed by atoms with E-state index in [-0.39, 0.29) is 0 Å². The summed E-state index contributed by atoms with van der Waals surface area (Å²) in [6.07, 6.45) is 0. The molecule has 6 heteroatoms. The van der Waals surface area contributed by atoms with Crippen LogP contribution in [-0.2, 0) is 52.6 Å². The zero-order chi connectivity index (χ0) is 45.0. The van der Waals surface area contributed by atoms with Crippen molar-refractivity contribution in [2.45, 2.75) is 33.6 Å². The van der Waals surface area contributed by atoms with Crippen molar-refractivity contribution in [3.8, 4) is 71.0 Å². The highest BCUT2D eigenvalue weighted by molar-refractivity contribution is 5.56. The Morgan fingerprint density at radius 2 is 0.406 bits per heavy atom. The minimum absolute atomic E-state index is 0.332. The van der Waals surface area contributed by atoms with E-state index < -0.39 is 33.6 Å². The molecule has 0 saturated carbocycles. The van der Waals surface area contributed by atoms with Gasteiger partial charge in [-0.05, 0) is 71.0 Å². The van der Waals surface area contributed by atoms with Crippen LogP contribution in [-0.4, -0.2) is 38.7 Å². The monoisotopic (exact) mass is 836 g/mol. The van der Waals surface area contributed by atoms with Crippen molar-refractivity contribution in [2.24, 2.45) is 0 Å². The molecule has 0 aromatic heterocycles. The maximum absolute atomic E-state index is 12.7. The molecule has 0 amide bonds. The Bertz CT molecular complexity index is 2750. The molecule has 6 atom stereocenters. The summed E-state index contributed by atoms with van der Waals surface area (Å²) in [5.41, 5.74) is -8.07. The van der Waals surface area contributed by atoms with Gasteiger partial charge in [0.05, 0.1) is 0 Å². The zero-order valence-electron chi connectivity index (χ0n) is 35.8. The van der Waals surface area contributed by atoms with Crippen LogP contribution < -0.4 is 0 Å². The van der Waals surface area contributed by atoms with Crippen LogP contribution in [0.2, 0.25) is 0 Å². The lowest BCUT2D eigenvalue weighted by molar-refractivity contribution is 0.0738. The van der Waals surface area contributed by atoms with Crippen LogP contribution in [0.15, 0.2) is 182 Å². The molecule has 1 aliphatic rings. The molecule has 2 N–H and O–H groups in total. The van der Waals surface area contributed by atoms with Gasteiger partial charge in [0.25, 0.3) is 0 Å². The summed E-state index contributed by atoms with van der Waals surface area (Å²) < 4.78 is 25.3. The molecular formula is C58H44O6. The van der Waals surface area contributed by atoms with Gasteiger partial charge in [0.15, 0.2) is 0 Å². The Morgan fingerprint density at radius 1 is 0.250 bits per heavy atom. The number of aliphatic hydroxyl groups is 2. The van der Waals surface area contributed by atoms with E-state index in [1.165, 1.54) is 28.4 Å². The van der Waals surface area contributed by atoms with E-state index in [1.807, 2.05) is 133 Å². The van der Waals surface area contributed by atoms with E-state index in [4.69, 9.17) is 18.9 Å². The van der Waals surface area contributed by atoms with Crippen molar-refractivity contribution in [1.29, 1.82) is 0 Å². The Labute approximate surface area is 376 Å². The highest BCUT2D eigenvalue weighted by Crippen LogP contribution is 2.33. The zero-order valence-corrected chi connectivity index (χ0v) is 35.8. The van der Waals surface area contributed by atoms with Crippen LogP contribution in [0.1, 0.15) is 33.4 Å². The minimum atomic E-state index is -2.21. The third-order valence-electron chi connectivity index (χ3n) is 10.8. The van der Waals surface area contributed by atoms with Gasteiger partial charge in [0.2, 0.25) is 33.6 Å². The first-order chi connectivity index (χ1) is 31.1. The topological polar surface area (TPSA) is 77.4 Å². The third-order valence-corrected chi connectivity index (χ3v) is 10.8. The van der Waals surface area contributed by atoms with Crippen molar-refractivity contribution in [1.82, 2.24) is 0 Å². The van der Waals surface area contributed by atoms with Crippen molar-refractivity contribution < 1.29 is 29.2 Å². The van der Waals surface area contributed by atoms with Crippen LogP contribution in [0.25, 0.3) is 0 Å². The van der Waals surface area contributed by atoms with Gasteiger partial charge < -0.3 is 29.2 Å². The minimum Gasteiger partial charge on any atom is -0.364 e. The maximum Gasteiger partial charge on any atom is 0.216 e. The summed E-state index contributed by atoms with van der Waals surface area (Å²) in [5.74, 6) is 38.3. The Balaban J connectivity index is 1.66. The van der Waals surface area contributed by atoms with Gasteiger partial charge in [-0.15, -0.1) is 0 Å². The summed E-state index contributed by atoms with van der Waals surface area (Å²) >= 11 is 0. The smallest absolute Gasteiger partial charge is 0.216 e. The molecule has 6 aromatic carbocycles. The average molecular weight is 837 g/mol. The normalized spacial score (nSPS) is 26.0. The molecule has 0 aliphatic heterocycles. The van der Waals surface area contributed by atoms with Crippen LogP contribution in [0.5, 0.6) is 0 Å². The van der Waals surface area contributed by atoms with Gasteiger partial charge in [0.1, 0.15) is 0 Å². The van der Waals surface area contributed by atoms with Crippen LogP contribution in [0.4, 0.5) is 0 Å². The average Bonchev–Trinajstić information content (AvgIpc) is 3.37. The second-order valence-corrected chi connectivity index (χ2v) is 14.7. The quantitative estimate of drug-likeness (QED) is 0.137. The Morgan fingerprint density at radius 3 is 0.594 bits per heavy atom. The van der Waals surface area contributed by atoms with Crippen molar-refractivity contribution >= 4 is 0 Å². The second-order valence-electron chi connectivity index (χ2n) is 14.7. The van der Waals surface area contributed by atoms with Crippen LogP contribution >= 0.6 is 0 Å². The number of hydrogen-bond acceptors (Lipinski definition) is 6. The lowest BCUT2D eigenvalue weighted by Crippen LogP contribution is -2.32. The first-order valence-electron chi connectivity index (χ1n) is 20.4. The van der Waals surface area contributed by atoms with E-state index in [0.29, 0.717) is 33.4 Å². The molecule has 1 aliphatic carbocycles. The molecule has 0 fully saturated rings. The van der Waals surface area contributed by atoms with Gasteiger partial charge in [0, 0.05) is 61.8 Å². The first kappa shape index (κ1) is 44.5. The maximum atomic E-state index is 12.7. The van der Waals surface area contributed by atoms with E-state index in [1.54, 1.807) is 48.5 Å². The van der Waals surface area contributed by atoms with Crippen LogP contribution in [0.3, 0.4) is 0 Å². The summed E-state index contributed by atoms with van der Waals surface area (Å²) in [6.45, 7) is 0. The highest BCUT2D eigenvalue weighted by atomic mass is 16.5. The van der Waals surface area contributed by atoms with Crippen molar-refractivity contribution in [2.75, 3.05) is 28.4 Å². The van der Waals surface area contributed by atoms with E-state index in [9.17, 15) is 10.2 Å². The largest absolute Gasteiger partial charge is 0.364 e. The summed E-state index contributed by atoms with van der Waals surface area (Å²) in [6, 6.07) is 54.6. The van der Waals surface area contributed by atoms with Crippen LogP contribution in [0, 0.1) is 71.0 Å². The molecule has 312 valence electrons. The lowest BCUT2D eigenvalue weighted by atomic mass is 9.85. The van der Waals surface area contributed by atoms with E-state index >= 15 is 0 Å². The summed E-state index contributed by atoms with van der Waals surface area (Å²) in [4.78, 5) is 0. The predicted octanol–water partition coefficient (Wildman–Crippen LogP) is 7.96. The van der Waals surface area contributed by atoms with Gasteiger partial charge in [-0.3, -0.25) is 0 Å². The molecule has 6 nitrogen and oxygen atoms in total. The van der Waals surface area contributed by atoms with E-state index in [2.05, 4.69) is 71.0 Å². The molecule has 6 unspecified atom stereocenters. The molecular weight excluding hydrogens is 793 g/mol. The molecule has 6 aromatic rings. The second kappa shape index (κ2) is 19.2. The summed E-state index contributed by atoms with van der Waals surface area (Å²) in [5, 5.41) is 25.4. The van der Waals surface area contributed by atoms with Gasteiger partial charge in [-0.25, -0.2) is 0 Å². The SMILES string of the molecule is COC1(c2ccccc2)C#CC(O)(c2ccccc2)C#CC(O)(c2ccccc2)C#CC(OC)(c2ccccc2)C#CC(OC)(c2ccccc2)C#CC(OC)(c2ccccc2)C#C1. The fraction of sp³-hybridized carbons (Fsp3) is 0.172. The molecule has 7 rings (SSSR count). The van der Waals surface area contributed by atoms with E-state index in [0.717, 1.165) is 0 Å². The van der Waals surface area contributed by atoms with Crippen molar-refractivity contribution in [3.63, 3.8) is 0 Å². The standard InChI is InChI=1S/C58H44O6/c1-61-55(49-27-15-7-16-28-49)39-37-53(59,47-23-11-5-12-24-47)35-36-54(60,48-25-13-6-14-26-48)38-40-56(62-2,50-29-17-8-18-30-50)42-44-58(64-4,52-33-21-10-22-34-52)46-45-57(63-3,43-41-55)51-31-19-9-20-32-51/h5-34,59-60H,1-4H3.